The van der Waals surface area contributed by atoms with Crippen LogP contribution in [0.1, 0.15) is 46.0 Å². The number of ether oxygens (including phenoxy) is 1. The van der Waals surface area contributed by atoms with Crippen LogP contribution in [0.15, 0.2) is 0 Å². The smallest absolute Gasteiger partial charge is 0.0463 e. The third kappa shape index (κ3) is 22.6. The van der Waals surface area contributed by atoms with Crippen LogP contribution in [0.2, 0.25) is 0 Å². The Morgan fingerprint density at radius 3 is 1.50 bits per heavy atom. The lowest BCUT2D eigenvalue weighted by Crippen LogP contribution is -1.92. The summed E-state index contributed by atoms with van der Waals surface area (Å²) in [5.74, 6) is 0. The molecule has 0 rings (SSSR count). The number of hydrogen-bond acceptors (Lipinski definition) is 3. The van der Waals surface area contributed by atoms with Gasteiger partial charge in [0.1, 0.15) is 0 Å². The Hall–Kier alpha value is -0.120. The summed E-state index contributed by atoms with van der Waals surface area (Å²) >= 11 is 0. The van der Waals surface area contributed by atoms with Crippen molar-refractivity contribution in [2.75, 3.05) is 26.4 Å². The Kier molecular flexibility index (Phi) is 21.7. The van der Waals surface area contributed by atoms with Crippen LogP contribution in [-0.4, -0.2) is 36.6 Å². The van der Waals surface area contributed by atoms with Crippen LogP contribution >= 0.6 is 0 Å². The van der Waals surface area contributed by atoms with E-state index in [4.69, 9.17) is 14.9 Å². The summed E-state index contributed by atoms with van der Waals surface area (Å²) in [7, 11) is 0. The van der Waals surface area contributed by atoms with Gasteiger partial charge in [0, 0.05) is 26.4 Å². The third-order valence-electron chi connectivity index (χ3n) is 1.51. The number of aliphatic hydroxyl groups is 2. The summed E-state index contributed by atoms with van der Waals surface area (Å²) in [6.45, 7) is 6.59. The van der Waals surface area contributed by atoms with Gasteiger partial charge < -0.3 is 14.9 Å². The first kappa shape index (κ1) is 16.3. The lowest BCUT2D eigenvalue weighted by molar-refractivity contribution is 0.135. The topological polar surface area (TPSA) is 49.7 Å². The molecule has 88 valence electrons. The van der Waals surface area contributed by atoms with Crippen molar-refractivity contribution in [3.63, 3.8) is 0 Å². The lowest BCUT2D eigenvalue weighted by atomic mass is 10.2. The molecular formula is C11H26O3. The van der Waals surface area contributed by atoms with Crippen LogP contribution in [0.3, 0.4) is 0 Å². The molecule has 0 amide bonds. The van der Waals surface area contributed by atoms with Gasteiger partial charge in [0.15, 0.2) is 0 Å². The van der Waals surface area contributed by atoms with Gasteiger partial charge in [-0.15, -0.1) is 0 Å². The van der Waals surface area contributed by atoms with Crippen LogP contribution in [0.4, 0.5) is 0 Å². The third-order valence-corrected chi connectivity index (χ3v) is 1.51. The second kappa shape index (κ2) is 18.6. The minimum atomic E-state index is 0.250. The van der Waals surface area contributed by atoms with E-state index in [2.05, 4.69) is 13.8 Å². The molecule has 0 aliphatic heterocycles. The Labute approximate surface area is 88.1 Å². The molecule has 0 aromatic heterocycles. The quantitative estimate of drug-likeness (QED) is 0.597. The van der Waals surface area contributed by atoms with E-state index in [1.54, 1.807) is 0 Å². The fraction of sp³-hybridized carbons (Fsp3) is 1.00. The highest BCUT2D eigenvalue weighted by Crippen LogP contribution is 1.90. The van der Waals surface area contributed by atoms with Crippen LogP contribution in [-0.2, 0) is 4.74 Å². The van der Waals surface area contributed by atoms with Crippen molar-refractivity contribution in [1.29, 1.82) is 0 Å². The summed E-state index contributed by atoms with van der Waals surface area (Å²) in [5, 5.41) is 16.4. The Bertz CT molecular complexity index is 58.9. The minimum Gasteiger partial charge on any atom is -0.396 e. The first-order valence-electron chi connectivity index (χ1n) is 5.62. The number of unbranched alkanes of at least 4 members (excludes halogenated alkanes) is 2. The second-order valence-corrected chi connectivity index (χ2v) is 3.12. The van der Waals surface area contributed by atoms with Gasteiger partial charge in [-0.25, -0.2) is 0 Å². The predicted octanol–water partition coefficient (Wildman–Crippen LogP) is 1.96. The van der Waals surface area contributed by atoms with Crippen molar-refractivity contribution in [3.05, 3.63) is 0 Å². The molecule has 0 radical (unpaired) electrons. The van der Waals surface area contributed by atoms with E-state index in [0.29, 0.717) is 0 Å². The summed E-state index contributed by atoms with van der Waals surface area (Å²) < 4.78 is 5.13. The van der Waals surface area contributed by atoms with Gasteiger partial charge in [-0.05, 0) is 32.1 Å². The van der Waals surface area contributed by atoms with Crippen molar-refractivity contribution in [3.8, 4) is 0 Å². The maximum absolute atomic E-state index is 8.21. The molecule has 0 saturated heterocycles. The summed E-state index contributed by atoms with van der Waals surface area (Å²) in [6.07, 6.45) is 4.86. The molecule has 2 N–H and O–H groups in total. The van der Waals surface area contributed by atoms with E-state index in [-0.39, 0.29) is 13.2 Å². The number of hydrogen-bond donors (Lipinski definition) is 2. The molecule has 0 bridgehead atoms. The fourth-order valence-electron chi connectivity index (χ4n) is 0.791. The van der Waals surface area contributed by atoms with E-state index < -0.39 is 0 Å². The Morgan fingerprint density at radius 1 is 0.786 bits per heavy atom. The molecule has 0 aromatic carbocycles. The number of rotatable bonds is 8. The minimum absolute atomic E-state index is 0.250. The highest BCUT2D eigenvalue weighted by atomic mass is 16.5. The highest BCUT2D eigenvalue weighted by molar-refractivity contribution is 4.35. The van der Waals surface area contributed by atoms with Crippen molar-refractivity contribution < 1.29 is 14.9 Å². The van der Waals surface area contributed by atoms with Crippen LogP contribution < -0.4 is 0 Å². The fourth-order valence-corrected chi connectivity index (χ4v) is 0.791. The molecule has 0 fully saturated rings. The normalized spacial score (nSPS) is 9.43. The lowest BCUT2D eigenvalue weighted by Gasteiger charge is -1.95. The van der Waals surface area contributed by atoms with Gasteiger partial charge in [0.05, 0.1) is 0 Å². The Morgan fingerprint density at radius 2 is 1.21 bits per heavy atom. The van der Waals surface area contributed by atoms with Crippen LogP contribution in [0.5, 0.6) is 0 Å². The van der Waals surface area contributed by atoms with Crippen molar-refractivity contribution in [2.24, 2.45) is 0 Å². The van der Waals surface area contributed by atoms with Crippen molar-refractivity contribution in [2.45, 2.75) is 46.0 Å². The second-order valence-electron chi connectivity index (χ2n) is 3.12. The van der Waals surface area contributed by atoms with E-state index in [9.17, 15) is 0 Å². The molecule has 0 aromatic rings. The zero-order valence-electron chi connectivity index (χ0n) is 9.67. The maximum atomic E-state index is 8.21. The van der Waals surface area contributed by atoms with Gasteiger partial charge in [-0.1, -0.05) is 13.8 Å². The molecule has 0 saturated carbocycles. The monoisotopic (exact) mass is 206 g/mol. The zero-order valence-corrected chi connectivity index (χ0v) is 9.67. The van der Waals surface area contributed by atoms with E-state index in [1.165, 1.54) is 0 Å². The zero-order chi connectivity index (χ0) is 11.1. The van der Waals surface area contributed by atoms with Crippen molar-refractivity contribution in [1.82, 2.24) is 0 Å². The van der Waals surface area contributed by atoms with Crippen LogP contribution in [0.25, 0.3) is 0 Å². The van der Waals surface area contributed by atoms with E-state index in [0.717, 1.165) is 45.3 Å². The summed E-state index contributed by atoms with van der Waals surface area (Å²) in [6, 6.07) is 0. The SMILES string of the molecule is CCCOCCC.OCCCCCO. The number of aliphatic hydroxyl groups excluding tert-OH is 2. The standard InChI is InChI=1S/C6H14O.C5H12O2/c1-3-5-7-6-4-2;6-4-2-1-3-5-7/h3-6H2,1-2H3;6-7H,1-5H2. The average Bonchev–Trinajstić information content (AvgIpc) is 2.21. The van der Waals surface area contributed by atoms with Gasteiger partial charge in [-0.2, -0.15) is 0 Å². The van der Waals surface area contributed by atoms with E-state index in [1.807, 2.05) is 0 Å². The van der Waals surface area contributed by atoms with Crippen molar-refractivity contribution >= 4 is 0 Å². The van der Waals surface area contributed by atoms with E-state index >= 15 is 0 Å². The molecule has 3 heteroatoms. The molecule has 0 aliphatic carbocycles. The molecule has 0 spiro atoms. The summed E-state index contributed by atoms with van der Waals surface area (Å²) in [5.41, 5.74) is 0. The largest absolute Gasteiger partial charge is 0.396 e. The first-order valence-corrected chi connectivity index (χ1v) is 5.62. The Balaban J connectivity index is 0. The molecule has 0 heterocycles. The molecule has 0 unspecified atom stereocenters. The molecule has 0 aliphatic rings. The van der Waals surface area contributed by atoms with Crippen LogP contribution in [0, 0.1) is 0 Å². The molecule has 3 nitrogen and oxygen atoms in total. The first-order chi connectivity index (χ1) is 6.83. The van der Waals surface area contributed by atoms with Gasteiger partial charge in [0.25, 0.3) is 0 Å². The molecular weight excluding hydrogens is 180 g/mol. The highest BCUT2D eigenvalue weighted by Gasteiger charge is 1.81. The maximum Gasteiger partial charge on any atom is 0.0463 e. The summed E-state index contributed by atoms with van der Waals surface area (Å²) in [4.78, 5) is 0. The molecule has 14 heavy (non-hydrogen) atoms. The predicted molar refractivity (Wildman–Crippen MR) is 59.4 cm³/mol. The van der Waals surface area contributed by atoms with Gasteiger partial charge in [-0.3, -0.25) is 0 Å². The molecule has 0 atom stereocenters. The average molecular weight is 206 g/mol. The van der Waals surface area contributed by atoms with Gasteiger partial charge >= 0.3 is 0 Å². The van der Waals surface area contributed by atoms with Gasteiger partial charge in [0.2, 0.25) is 0 Å².